The Morgan fingerprint density at radius 2 is 1.57 bits per heavy atom. The van der Waals surface area contributed by atoms with E-state index in [4.69, 9.17) is 0 Å². The molecule has 4 aromatic rings. The van der Waals surface area contributed by atoms with Gasteiger partial charge in [0.25, 0.3) is 5.91 Å². The molecule has 1 aliphatic rings. The number of nitrogens with one attached hydrogen (secondary N) is 3. The lowest BCUT2D eigenvalue weighted by molar-refractivity contribution is 0.0946. The summed E-state index contributed by atoms with van der Waals surface area (Å²) in [6.45, 7) is 5.55. The van der Waals surface area contributed by atoms with Crippen LogP contribution in [0.15, 0.2) is 73.2 Å². The number of aromatic nitrogens is 3. The normalized spacial score (nSPS) is 12.8. The van der Waals surface area contributed by atoms with Crippen LogP contribution >= 0.6 is 0 Å². The molecule has 0 spiro atoms. The van der Waals surface area contributed by atoms with Crippen LogP contribution in [0.1, 0.15) is 48.4 Å². The van der Waals surface area contributed by atoms with Crippen LogP contribution in [-0.4, -0.2) is 32.9 Å². The Balaban J connectivity index is 1.34. The van der Waals surface area contributed by atoms with E-state index in [1.807, 2.05) is 43.3 Å². The number of pyridine rings is 3. The molecule has 5 rings (SSSR count). The summed E-state index contributed by atoms with van der Waals surface area (Å²) in [6.07, 6.45) is 6.93. The minimum Gasteiger partial charge on any atom is -0.348 e. The third-order valence-corrected chi connectivity index (χ3v) is 6.70. The van der Waals surface area contributed by atoms with E-state index in [1.54, 1.807) is 50.6 Å². The predicted molar refractivity (Wildman–Crippen MR) is 154 cm³/mol. The van der Waals surface area contributed by atoms with Crippen molar-refractivity contribution in [2.75, 3.05) is 10.6 Å². The Morgan fingerprint density at radius 3 is 2.33 bits per heavy atom. The monoisotopic (exact) mass is 531 g/mol. The average Bonchev–Trinajstić information content (AvgIpc) is 3.78. The van der Waals surface area contributed by atoms with Gasteiger partial charge in [-0.3, -0.25) is 19.7 Å². The van der Waals surface area contributed by atoms with Crippen LogP contribution in [-0.2, 0) is 5.41 Å². The van der Waals surface area contributed by atoms with Gasteiger partial charge in [0, 0.05) is 41.6 Å². The molecule has 0 radical (unpaired) electrons. The van der Waals surface area contributed by atoms with Gasteiger partial charge in [0.05, 0.1) is 22.9 Å². The minimum absolute atomic E-state index is 0.176. The molecule has 1 aliphatic carbocycles. The number of rotatable bonds is 7. The van der Waals surface area contributed by atoms with E-state index in [1.165, 1.54) is 0 Å². The molecule has 0 atom stereocenters. The summed E-state index contributed by atoms with van der Waals surface area (Å²) in [5.41, 5.74) is 5.71. The quantitative estimate of drug-likeness (QED) is 0.274. The van der Waals surface area contributed by atoms with E-state index in [-0.39, 0.29) is 11.9 Å². The number of amides is 3. The maximum Gasteiger partial charge on any atom is 0.323 e. The van der Waals surface area contributed by atoms with E-state index in [2.05, 4.69) is 37.0 Å². The van der Waals surface area contributed by atoms with Gasteiger partial charge in [-0.05, 0) is 98.8 Å². The zero-order valence-electron chi connectivity index (χ0n) is 22.5. The van der Waals surface area contributed by atoms with E-state index in [0.717, 1.165) is 35.1 Å². The van der Waals surface area contributed by atoms with Crippen LogP contribution in [0.2, 0.25) is 0 Å². The van der Waals surface area contributed by atoms with Crippen LogP contribution in [0.3, 0.4) is 0 Å². The number of hydrogen-bond donors (Lipinski definition) is 3. The predicted octanol–water partition coefficient (Wildman–Crippen LogP) is 5.85. The lowest BCUT2D eigenvalue weighted by atomic mass is 9.91. The molecule has 3 aromatic heterocycles. The molecule has 3 heterocycles. The Bertz CT molecular complexity index is 1640. The number of carbonyl (C=O) groups is 2. The van der Waals surface area contributed by atoms with Crippen molar-refractivity contribution in [1.82, 2.24) is 20.3 Å². The number of anilines is 2. The Hall–Kier alpha value is -5.10. The summed E-state index contributed by atoms with van der Waals surface area (Å²) >= 11 is 0. The summed E-state index contributed by atoms with van der Waals surface area (Å²) < 4.78 is 0. The zero-order valence-corrected chi connectivity index (χ0v) is 22.5. The Kier molecular flexibility index (Phi) is 7.25. The zero-order chi connectivity index (χ0) is 28.3. The van der Waals surface area contributed by atoms with Gasteiger partial charge in [0.2, 0.25) is 0 Å². The number of urea groups is 1. The topological polar surface area (TPSA) is 133 Å². The van der Waals surface area contributed by atoms with E-state index >= 15 is 0 Å². The summed E-state index contributed by atoms with van der Waals surface area (Å²) in [6, 6.07) is 18.6. The highest BCUT2D eigenvalue weighted by Crippen LogP contribution is 2.30. The van der Waals surface area contributed by atoms with Gasteiger partial charge in [0.1, 0.15) is 5.69 Å². The first-order valence-corrected chi connectivity index (χ1v) is 13.0. The fourth-order valence-corrected chi connectivity index (χ4v) is 4.17. The molecule has 9 heteroatoms. The number of carbonyl (C=O) groups excluding carboxylic acids is 2. The second-order valence-corrected chi connectivity index (χ2v) is 10.4. The van der Waals surface area contributed by atoms with Crippen molar-refractivity contribution in [3.8, 4) is 28.5 Å². The number of nitriles is 1. The maximum atomic E-state index is 12.8. The fourth-order valence-electron chi connectivity index (χ4n) is 4.17. The highest BCUT2D eigenvalue weighted by Gasteiger charge is 2.24. The first kappa shape index (κ1) is 26.5. The van der Waals surface area contributed by atoms with Gasteiger partial charge in [-0.2, -0.15) is 5.26 Å². The summed E-state index contributed by atoms with van der Waals surface area (Å²) in [5, 5.41) is 18.1. The van der Waals surface area contributed by atoms with E-state index in [0.29, 0.717) is 28.5 Å². The molecule has 0 bridgehead atoms. The van der Waals surface area contributed by atoms with Crippen molar-refractivity contribution in [1.29, 1.82) is 5.26 Å². The van der Waals surface area contributed by atoms with Crippen LogP contribution in [0, 0.1) is 18.3 Å². The molecule has 1 saturated carbocycles. The first-order valence-electron chi connectivity index (χ1n) is 13.0. The summed E-state index contributed by atoms with van der Waals surface area (Å²) in [4.78, 5) is 38.3. The standard InChI is InChI=1S/C31H29N7O2/c1-19-4-5-23(37-30(40)38-24-10-13-35-28(17-24)31(2,3)18-32)16-25(19)20-8-11-33-26(14-20)21-9-12-34-27(15-21)29(39)36-22-6-7-22/h4-5,8-17,22H,6-7H2,1-3H3,(H,36,39)(H2,35,37,38,40). The third kappa shape index (κ3) is 6.13. The largest absolute Gasteiger partial charge is 0.348 e. The van der Waals surface area contributed by atoms with Gasteiger partial charge < -0.3 is 16.0 Å². The fraction of sp³-hybridized carbons (Fsp3) is 0.226. The molecular formula is C31H29N7O2. The van der Waals surface area contributed by atoms with Crippen LogP contribution in [0.25, 0.3) is 22.4 Å². The van der Waals surface area contributed by atoms with Gasteiger partial charge in [-0.1, -0.05) is 6.07 Å². The van der Waals surface area contributed by atoms with Crippen LogP contribution < -0.4 is 16.0 Å². The molecule has 0 unspecified atom stereocenters. The lowest BCUT2D eigenvalue weighted by Gasteiger charge is -2.16. The van der Waals surface area contributed by atoms with Crippen molar-refractivity contribution < 1.29 is 9.59 Å². The molecule has 40 heavy (non-hydrogen) atoms. The number of aryl methyl sites for hydroxylation is 1. The van der Waals surface area contributed by atoms with Crippen molar-refractivity contribution >= 4 is 23.3 Å². The summed E-state index contributed by atoms with van der Waals surface area (Å²) in [7, 11) is 0. The molecule has 1 fully saturated rings. The maximum absolute atomic E-state index is 12.8. The Morgan fingerprint density at radius 1 is 0.875 bits per heavy atom. The molecule has 3 amide bonds. The number of benzene rings is 1. The molecule has 9 nitrogen and oxygen atoms in total. The second-order valence-electron chi connectivity index (χ2n) is 10.4. The number of nitrogens with zero attached hydrogens (tertiary/aromatic N) is 4. The first-order chi connectivity index (χ1) is 19.2. The van der Waals surface area contributed by atoms with Crippen LogP contribution in [0.4, 0.5) is 16.2 Å². The third-order valence-electron chi connectivity index (χ3n) is 6.70. The highest BCUT2D eigenvalue weighted by molar-refractivity contribution is 6.00. The van der Waals surface area contributed by atoms with E-state index in [9.17, 15) is 14.9 Å². The Labute approximate surface area is 232 Å². The van der Waals surface area contributed by atoms with Gasteiger partial charge in [-0.25, -0.2) is 4.79 Å². The second kappa shape index (κ2) is 10.9. The summed E-state index contributed by atoms with van der Waals surface area (Å²) in [5.74, 6) is -0.176. The molecule has 3 N–H and O–H groups in total. The number of hydrogen-bond acceptors (Lipinski definition) is 6. The smallest absolute Gasteiger partial charge is 0.323 e. The average molecular weight is 532 g/mol. The molecular weight excluding hydrogens is 502 g/mol. The van der Waals surface area contributed by atoms with Crippen molar-refractivity contribution in [3.63, 3.8) is 0 Å². The molecule has 200 valence electrons. The molecule has 1 aromatic carbocycles. The van der Waals surface area contributed by atoms with Crippen molar-refractivity contribution in [2.45, 2.75) is 45.1 Å². The minimum atomic E-state index is -0.774. The van der Waals surface area contributed by atoms with Gasteiger partial charge in [0.15, 0.2) is 0 Å². The van der Waals surface area contributed by atoms with Gasteiger partial charge in [-0.15, -0.1) is 0 Å². The van der Waals surface area contributed by atoms with Gasteiger partial charge >= 0.3 is 6.03 Å². The van der Waals surface area contributed by atoms with Crippen molar-refractivity contribution in [3.05, 3.63) is 90.1 Å². The highest BCUT2D eigenvalue weighted by atomic mass is 16.2. The lowest BCUT2D eigenvalue weighted by Crippen LogP contribution is -2.26. The van der Waals surface area contributed by atoms with Crippen LogP contribution in [0.5, 0.6) is 0 Å². The SMILES string of the molecule is Cc1ccc(NC(=O)Nc2ccnc(C(C)(C)C#N)c2)cc1-c1ccnc(-c2ccnc(C(=O)NC3CC3)c2)c1. The molecule has 0 saturated heterocycles. The molecule has 0 aliphatic heterocycles. The van der Waals surface area contributed by atoms with Crippen molar-refractivity contribution in [2.24, 2.45) is 0 Å². The van der Waals surface area contributed by atoms with E-state index < -0.39 is 11.4 Å².